The van der Waals surface area contributed by atoms with Gasteiger partial charge in [-0.3, -0.25) is 14.3 Å². The van der Waals surface area contributed by atoms with Crippen LogP contribution >= 0.6 is 0 Å². The van der Waals surface area contributed by atoms with Crippen LogP contribution in [0, 0.1) is 0 Å². The predicted molar refractivity (Wildman–Crippen MR) is 111 cm³/mol. The second kappa shape index (κ2) is 8.40. The van der Waals surface area contributed by atoms with Crippen LogP contribution in [-0.4, -0.2) is 46.2 Å². The molecule has 29 heavy (non-hydrogen) atoms. The van der Waals surface area contributed by atoms with E-state index in [2.05, 4.69) is 26.0 Å². The molecule has 4 rings (SSSR count). The maximum atomic E-state index is 12.7. The quantitative estimate of drug-likeness (QED) is 0.619. The van der Waals surface area contributed by atoms with Gasteiger partial charge in [-0.05, 0) is 44.5 Å². The van der Waals surface area contributed by atoms with E-state index < -0.39 is 0 Å². The number of carbonyl (C=O) groups is 2. The average Bonchev–Trinajstić information content (AvgIpc) is 3.24. The van der Waals surface area contributed by atoms with Crippen molar-refractivity contribution in [3.05, 3.63) is 53.9 Å². The molecule has 1 aliphatic rings. The average molecular weight is 392 g/mol. The van der Waals surface area contributed by atoms with E-state index in [1.54, 1.807) is 12.1 Å². The fourth-order valence-corrected chi connectivity index (χ4v) is 3.59. The van der Waals surface area contributed by atoms with Crippen molar-refractivity contribution in [3.63, 3.8) is 0 Å². The van der Waals surface area contributed by atoms with Gasteiger partial charge in [0.1, 0.15) is 5.82 Å². The Hall–Kier alpha value is -3.26. The molecular formula is C21H24N6O2. The molecule has 8 heteroatoms. The molecule has 1 atom stereocenters. The number of benzene rings is 1. The Morgan fingerprint density at radius 3 is 2.90 bits per heavy atom. The van der Waals surface area contributed by atoms with Crippen molar-refractivity contribution in [3.8, 4) is 0 Å². The summed E-state index contributed by atoms with van der Waals surface area (Å²) in [4.78, 5) is 29.7. The van der Waals surface area contributed by atoms with Crippen molar-refractivity contribution in [2.45, 2.75) is 25.8 Å². The molecule has 0 saturated carbocycles. The van der Waals surface area contributed by atoms with Crippen LogP contribution in [0.2, 0.25) is 0 Å². The highest BCUT2D eigenvalue weighted by Gasteiger charge is 2.19. The minimum absolute atomic E-state index is 0.198. The molecule has 1 aliphatic heterocycles. The van der Waals surface area contributed by atoms with Crippen molar-refractivity contribution in [2.75, 3.05) is 25.0 Å². The van der Waals surface area contributed by atoms with Crippen LogP contribution in [0.3, 0.4) is 0 Å². The highest BCUT2D eigenvalue weighted by Crippen LogP contribution is 2.21. The van der Waals surface area contributed by atoms with E-state index in [1.165, 1.54) is 0 Å². The van der Waals surface area contributed by atoms with Crippen LogP contribution in [0.15, 0.2) is 42.6 Å². The molecule has 0 aliphatic carbocycles. The van der Waals surface area contributed by atoms with E-state index in [0.717, 1.165) is 31.3 Å². The molecule has 0 radical (unpaired) electrons. The van der Waals surface area contributed by atoms with E-state index in [-0.39, 0.29) is 17.9 Å². The summed E-state index contributed by atoms with van der Waals surface area (Å²) in [6.45, 7) is 4.25. The second-order valence-corrected chi connectivity index (χ2v) is 7.07. The van der Waals surface area contributed by atoms with E-state index >= 15 is 0 Å². The van der Waals surface area contributed by atoms with E-state index in [1.807, 2.05) is 42.1 Å². The number of nitrogens with zero attached hydrogens (tertiary/aromatic N) is 3. The molecule has 0 bridgehead atoms. The smallest absolute Gasteiger partial charge is 0.277 e. The number of anilines is 1. The molecule has 150 valence electrons. The normalized spacial score (nSPS) is 16.5. The Bertz CT molecular complexity index is 1040. The lowest BCUT2D eigenvalue weighted by molar-refractivity contribution is 0.0955. The van der Waals surface area contributed by atoms with Gasteiger partial charge in [-0.1, -0.05) is 18.2 Å². The lowest BCUT2D eigenvalue weighted by atomic mass is 10.1. The summed E-state index contributed by atoms with van der Waals surface area (Å²) in [5.41, 5.74) is 1.45. The SMILES string of the molecule is CCNC(=O)c1cc(NC(=O)c2ccn(C3CCCNC3)n2)nc2ccccc12. The number of hydrogen-bond acceptors (Lipinski definition) is 5. The summed E-state index contributed by atoms with van der Waals surface area (Å²) < 4.78 is 1.84. The van der Waals surface area contributed by atoms with Crippen molar-refractivity contribution < 1.29 is 9.59 Å². The highest BCUT2D eigenvalue weighted by atomic mass is 16.2. The largest absolute Gasteiger partial charge is 0.352 e. The van der Waals surface area contributed by atoms with Gasteiger partial charge in [0.25, 0.3) is 11.8 Å². The number of pyridine rings is 1. The Kier molecular flexibility index (Phi) is 5.53. The zero-order valence-electron chi connectivity index (χ0n) is 16.3. The Labute approximate surface area is 168 Å². The van der Waals surface area contributed by atoms with Gasteiger partial charge in [0.15, 0.2) is 5.69 Å². The first kappa shape index (κ1) is 19.1. The molecule has 0 spiro atoms. The zero-order chi connectivity index (χ0) is 20.2. The summed E-state index contributed by atoms with van der Waals surface area (Å²) in [6, 6.07) is 10.9. The van der Waals surface area contributed by atoms with Gasteiger partial charge in [0.05, 0.1) is 17.1 Å². The number of hydrogen-bond donors (Lipinski definition) is 3. The van der Waals surface area contributed by atoms with Crippen molar-refractivity contribution in [1.29, 1.82) is 0 Å². The maximum Gasteiger partial charge on any atom is 0.277 e. The molecule has 8 nitrogen and oxygen atoms in total. The van der Waals surface area contributed by atoms with Crippen molar-refractivity contribution in [2.24, 2.45) is 0 Å². The first-order valence-electron chi connectivity index (χ1n) is 9.91. The summed E-state index contributed by atoms with van der Waals surface area (Å²) in [6.07, 6.45) is 3.97. The van der Waals surface area contributed by atoms with Crippen LogP contribution in [0.1, 0.15) is 46.7 Å². The Morgan fingerprint density at radius 2 is 2.10 bits per heavy atom. The number of piperidine rings is 1. The van der Waals surface area contributed by atoms with Gasteiger partial charge in [-0.25, -0.2) is 4.98 Å². The van der Waals surface area contributed by atoms with Crippen LogP contribution < -0.4 is 16.0 Å². The monoisotopic (exact) mass is 392 g/mol. The van der Waals surface area contributed by atoms with Crippen LogP contribution in [0.25, 0.3) is 10.9 Å². The maximum absolute atomic E-state index is 12.7. The van der Waals surface area contributed by atoms with E-state index in [4.69, 9.17) is 0 Å². The summed E-state index contributed by atoms with van der Waals surface area (Å²) in [5.74, 6) is -0.225. The summed E-state index contributed by atoms with van der Waals surface area (Å²) in [7, 11) is 0. The number of aromatic nitrogens is 3. The fourth-order valence-electron chi connectivity index (χ4n) is 3.59. The van der Waals surface area contributed by atoms with Crippen LogP contribution in [-0.2, 0) is 0 Å². The van der Waals surface area contributed by atoms with Crippen molar-refractivity contribution >= 4 is 28.5 Å². The summed E-state index contributed by atoms with van der Waals surface area (Å²) in [5, 5.41) is 14.1. The number of amides is 2. The zero-order valence-corrected chi connectivity index (χ0v) is 16.3. The number of nitrogens with one attached hydrogen (secondary N) is 3. The third-order valence-electron chi connectivity index (χ3n) is 5.03. The minimum atomic E-state index is -0.350. The molecule has 3 N–H and O–H groups in total. The topological polar surface area (TPSA) is 101 Å². The molecule has 3 aromatic rings. The third kappa shape index (κ3) is 4.12. The molecule has 1 aromatic carbocycles. The Balaban J connectivity index is 1.58. The van der Waals surface area contributed by atoms with Gasteiger partial charge in [0.2, 0.25) is 0 Å². The first-order chi connectivity index (χ1) is 14.2. The van der Waals surface area contributed by atoms with Crippen molar-refractivity contribution in [1.82, 2.24) is 25.4 Å². The number of para-hydroxylation sites is 1. The lowest BCUT2D eigenvalue weighted by Crippen LogP contribution is -2.32. The highest BCUT2D eigenvalue weighted by molar-refractivity contribution is 6.08. The van der Waals surface area contributed by atoms with Gasteiger partial charge < -0.3 is 16.0 Å². The third-order valence-corrected chi connectivity index (χ3v) is 5.03. The number of rotatable bonds is 5. The second-order valence-electron chi connectivity index (χ2n) is 7.07. The number of carbonyl (C=O) groups excluding carboxylic acids is 2. The van der Waals surface area contributed by atoms with Gasteiger partial charge in [-0.2, -0.15) is 5.10 Å². The molecular weight excluding hydrogens is 368 g/mol. The molecule has 1 saturated heterocycles. The van der Waals surface area contributed by atoms with Gasteiger partial charge in [0, 0.05) is 24.7 Å². The molecule has 1 fully saturated rings. The first-order valence-corrected chi connectivity index (χ1v) is 9.91. The molecule has 3 heterocycles. The van der Waals surface area contributed by atoms with Gasteiger partial charge >= 0.3 is 0 Å². The van der Waals surface area contributed by atoms with E-state index in [0.29, 0.717) is 29.1 Å². The fraction of sp³-hybridized carbons (Fsp3) is 0.333. The Morgan fingerprint density at radius 1 is 1.24 bits per heavy atom. The standard InChI is InChI=1S/C21H24N6O2/c1-2-23-20(28)16-12-19(24-17-8-4-3-7-15(16)17)25-21(29)18-9-11-27(26-18)14-6-5-10-22-13-14/h3-4,7-9,11-12,14,22H,2,5-6,10,13H2,1H3,(H,23,28)(H,24,25,29). The molecule has 2 aromatic heterocycles. The van der Waals surface area contributed by atoms with Crippen LogP contribution in [0.5, 0.6) is 0 Å². The number of fused-ring (bicyclic) bond motifs is 1. The summed E-state index contributed by atoms with van der Waals surface area (Å²) >= 11 is 0. The van der Waals surface area contributed by atoms with Gasteiger partial charge in [-0.15, -0.1) is 0 Å². The lowest BCUT2D eigenvalue weighted by Gasteiger charge is -2.22. The molecule has 1 unspecified atom stereocenters. The molecule has 2 amide bonds. The van der Waals surface area contributed by atoms with Crippen LogP contribution in [0.4, 0.5) is 5.82 Å². The minimum Gasteiger partial charge on any atom is -0.352 e. The predicted octanol–water partition coefficient (Wildman–Crippen LogP) is 2.36. The van der Waals surface area contributed by atoms with E-state index in [9.17, 15) is 9.59 Å².